The summed E-state index contributed by atoms with van der Waals surface area (Å²) in [6.07, 6.45) is 0. The number of rotatable bonds is 3. The molecule has 1 rings (SSSR count). The molecule has 1 atom stereocenters. The van der Waals surface area contributed by atoms with E-state index in [1.54, 1.807) is 52.8 Å². The summed E-state index contributed by atoms with van der Waals surface area (Å²) in [5.41, 5.74) is 0.669. The van der Waals surface area contributed by atoms with E-state index in [4.69, 9.17) is 16.3 Å². The molecule has 1 aromatic rings. The van der Waals surface area contributed by atoms with Crippen molar-refractivity contribution in [3.8, 4) is 0 Å². The maximum absolute atomic E-state index is 12.1. The largest absolute Gasteiger partial charge is 0.458 e. The van der Waals surface area contributed by atoms with Crippen LogP contribution in [0.5, 0.6) is 0 Å². The average molecular weight is 298 g/mol. The number of carbonyl (C=O) groups excluding carboxylic acids is 2. The number of aryl methyl sites for hydroxylation is 1. The third-order valence-corrected chi connectivity index (χ3v) is 2.78. The van der Waals surface area contributed by atoms with E-state index in [1.165, 1.54) is 0 Å². The van der Waals surface area contributed by atoms with E-state index in [0.29, 0.717) is 10.6 Å². The van der Waals surface area contributed by atoms with Crippen molar-refractivity contribution >= 4 is 23.5 Å². The van der Waals surface area contributed by atoms with E-state index in [2.05, 4.69) is 5.32 Å². The molecular weight excluding hydrogens is 278 g/mol. The van der Waals surface area contributed by atoms with E-state index in [1.807, 2.05) is 0 Å². The molecule has 0 saturated carbocycles. The van der Waals surface area contributed by atoms with Gasteiger partial charge in [0.15, 0.2) is 0 Å². The predicted octanol–water partition coefficient (Wildman–Crippen LogP) is 3.11. The van der Waals surface area contributed by atoms with Crippen molar-refractivity contribution in [1.82, 2.24) is 5.32 Å². The highest BCUT2D eigenvalue weighted by Crippen LogP contribution is 2.15. The first kappa shape index (κ1) is 16.5. The number of nitrogens with one attached hydrogen (secondary N) is 1. The summed E-state index contributed by atoms with van der Waals surface area (Å²) in [5, 5.41) is 3.19. The van der Waals surface area contributed by atoms with Gasteiger partial charge in [-0.2, -0.15) is 0 Å². The molecule has 0 unspecified atom stereocenters. The van der Waals surface area contributed by atoms with Gasteiger partial charge in [-0.05, 0) is 58.4 Å². The van der Waals surface area contributed by atoms with E-state index in [9.17, 15) is 9.59 Å². The number of hydrogen-bond donors (Lipinski definition) is 1. The van der Waals surface area contributed by atoms with Crippen LogP contribution in [0.25, 0.3) is 0 Å². The molecular formula is C15H20ClNO3. The smallest absolute Gasteiger partial charge is 0.328 e. The lowest BCUT2D eigenvalue weighted by Crippen LogP contribution is -2.42. The monoisotopic (exact) mass is 297 g/mol. The van der Waals surface area contributed by atoms with Crippen LogP contribution in [0, 0.1) is 6.92 Å². The molecule has 1 aromatic carbocycles. The SMILES string of the molecule is Cc1cc(Cl)ccc1C(=O)N[C@H](C)C(=O)OC(C)(C)C. The minimum Gasteiger partial charge on any atom is -0.458 e. The summed E-state index contributed by atoms with van der Waals surface area (Å²) in [6, 6.07) is 4.27. The van der Waals surface area contributed by atoms with Crippen molar-refractivity contribution in [2.24, 2.45) is 0 Å². The first-order valence-corrected chi connectivity index (χ1v) is 6.78. The summed E-state index contributed by atoms with van der Waals surface area (Å²) in [6.45, 7) is 8.73. The third kappa shape index (κ3) is 4.85. The average Bonchev–Trinajstić information content (AvgIpc) is 2.26. The molecule has 0 spiro atoms. The fourth-order valence-electron chi connectivity index (χ4n) is 1.61. The van der Waals surface area contributed by atoms with Gasteiger partial charge in [0.05, 0.1) is 0 Å². The second kappa shape index (κ2) is 6.27. The Kier molecular flexibility index (Phi) is 5.17. The number of amides is 1. The Labute approximate surface area is 124 Å². The molecule has 110 valence electrons. The molecule has 20 heavy (non-hydrogen) atoms. The molecule has 0 aromatic heterocycles. The minimum atomic E-state index is -0.711. The van der Waals surface area contributed by atoms with Crippen molar-refractivity contribution in [2.75, 3.05) is 0 Å². The number of ether oxygens (including phenoxy) is 1. The number of carbonyl (C=O) groups is 2. The zero-order chi connectivity index (χ0) is 15.5. The molecule has 0 aliphatic rings. The number of hydrogen-bond acceptors (Lipinski definition) is 3. The lowest BCUT2D eigenvalue weighted by atomic mass is 10.1. The fourth-order valence-corrected chi connectivity index (χ4v) is 1.83. The number of esters is 1. The molecule has 0 radical (unpaired) electrons. The van der Waals surface area contributed by atoms with E-state index >= 15 is 0 Å². The maximum atomic E-state index is 12.1. The highest BCUT2D eigenvalue weighted by Gasteiger charge is 2.23. The zero-order valence-corrected chi connectivity index (χ0v) is 13.2. The summed E-state index contributed by atoms with van der Waals surface area (Å²) in [7, 11) is 0. The Bertz CT molecular complexity index is 520. The Morgan fingerprint density at radius 1 is 1.30 bits per heavy atom. The standard InChI is InChI=1S/C15H20ClNO3/c1-9-8-11(16)6-7-12(9)13(18)17-10(2)14(19)20-15(3,4)5/h6-8,10H,1-5H3,(H,17,18)/t10-/m1/s1. The molecule has 4 nitrogen and oxygen atoms in total. The van der Waals surface area contributed by atoms with Gasteiger partial charge >= 0.3 is 5.97 Å². The van der Waals surface area contributed by atoms with Crippen molar-refractivity contribution < 1.29 is 14.3 Å². The van der Waals surface area contributed by atoms with Crippen LogP contribution in [0.2, 0.25) is 5.02 Å². The van der Waals surface area contributed by atoms with E-state index in [-0.39, 0.29) is 5.91 Å². The molecule has 0 heterocycles. The minimum absolute atomic E-state index is 0.322. The lowest BCUT2D eigenvalue weighted by Gasteiger charge is -2.22. The van der Waals surface area contributed by atoms with Crippen LogP contribution in [-0.4, -0.2) is 23.5 Å². The summed E-state index contributed by atoms with van der Waals surface area (Å²) < 4.78 is 5.21. The molecule has 0 bridgehead atoms. The zero-order valence-electron chi connectivity index (χ0n) is 12.4. The van der Waals surface area contributed by atoms with Gasteiger partial charge in [0.25, 0.3) is 5.91 Å². The van der Waals surface area contributed by atoms with Crippen LogP contribution in [0.4, 0.5) is 0 Å². The Balaban J connectivity index is 2.73. The van der Waals surface area contributed by atoms with Crippen LogP contribution in [0.3, 0.4) is 0 Å². The lowest BCUT2D eigenvalue weighted by molar-refractivity contribution is -0.156. The molecule has 1 N–H and O–H groups in total. The fraction of sp³-hybridized carbons (Fsp3) is 0.467. The van der Waals surface area contributed by atoms with Crippen molar-refractivity contribution in [3.05, 3.63) is 34.3 Å². The quantitative estimate of drug-likeness (QED) is 0.872. The highest BCUT2D eigenvalue weighted by atomic mass is 35.5. The Morgan fingerprint density at radius 2 is 1.90 bits per heavy atom. The van der Waals surface area contributed by atoms with Crippen molar-refractivity contribution in [1.29, 1.82) is 0 Å². The van der Waals surface area contributed by atoms with Gasteiger partial charge in [-0.3, -0.25) is 4.79 Å². The van der Waals surface area contributed by atoms with Gasteiger partial charge in [0.1, 0.15) is 11.6 Å². The molecule has 0 saturated heterocycles. The van der Waals surface area contributed by atoms with Crippen LogP contribution < -0.4 is 5.32 Å². The summed E-state index contributed by atoms with van der Waals surface area (Å²) in [5.74, 6) is -0.782. The van der Waals surface area contributed by atoms with Crippen LogP contribution in [-0.2, 0) is 9.53 Å². The van der Waals surface area contributed by atoms with Crippen LogP contribution in [0.15, 0.2) is 18.2 Å². The molecule has 1 amide bonds. The van der Waals surface area contributed by atoms with Gasteiger partial charge in [0, 0.05) is 10.6 Å². The maximum Gasteiger partial charge on any atom is 0.328 e. The molecule has 0 aliphatic carbocycles. The molecule has 0 aliphatic heterocycles. The number of benzene rings is 1. The first-order valence-electron chi connectivity index (χ1n) is 6.40. The van der Waals surface area contributed by atoms with Gasteiger partial charge in [-0.25, -0.2) is 4.79 Å². The van der Waals surface area contributed by atoms with Crippen LogP contribution >= 0.6 is 11.6 Å². The normalized spacial score (nSPS) is 12.7. The predicted molar refractivity (Wildman–Crippen MR) is 79.0 cm³/mol. The summed E-state index contributed by atoms with van der Waals surface area (Å²) >= 11 is 5.84. The van der Waals surface area contributed by atoms with E-state index in [0.717, 1.165) is 5.56 Å². The second-order valence-corrected chi connectivity index (χ2v) is 6.12. The van der Waals surface area contributed by atoms with Crippen molar-refractivity contribution in [3.63, 3.8) is 0 Å². The topological polar surface area (TPSA) is 55.4 Å². The third-order valence-electron chi connectivity index (χ3n) is 2.54. The van der Waals surface area contributed by atoms with Gasteiger partial charge < -0.3 is 10.1 Å². The Hall–Kier alpha value is -1.55. The van der Waals surface area contributed by atoms with Gasteiger partial charge in [-0.1, -0.05) is 11.6 Å². The summed E-state index contributed by atoms with van der Waals surface area (Å²) in [4.78, 5) is 23.9. The van der Waals surface area contributed by atoms with Gasteiger partial charge in [0.2, 0.25) is 0 Å². The van der Waals surface area contributed by atoms with Crippen LogP contribution in [0.1, 0.15) is 43.6 Å². The number of halogens is 1. The van der Waals surface area contributed by atoms with Crippen molar-refractivity contribution in [2.45, 2.75) is 46.3 Å². The molecule has 5 heteroatoms. The molecule has 0 fully saturated rings. The van der Waals surface area contributed by atoms with E-state index < -0.39 is 17.6 Å². The second-order valence-electron chi connectivity index (χ2n) is 5.69. The highest BCUT2D eigenvalue weighted by molar-refractivity contribution is 6.30. The van der Waals surface area contributed by atoms with Gasteiger partial charge in [-0.15, -0.1) is 0 Å². The first-order chi connectivity index (χ1) is 9.10. The Morgan fingerprint density at radius 3 is 2.40 bits per heavy atom.